The number of hydrogen-bond donors (Lipinski definition) is 0. The van der Waals surface area contributed by atoms with Gasteiger partial charge in [-0.3, -0.25) is 0 Å². The van der Waals surface area contributed by atoms with Crippen LogP contribution in [0.3, 0.4) is 0 Å². The summed E-state index contributed by atoms with van der Waals surface area (Å²) >= 11 is 0. The monoisotopic (exact) mass is 225 g/mol. The van der Waals surface area contributed by atoms with Gasteiger partial charge in [0.15, 0.2) is 0 Å². The van der Waals surface area contributed by atoms with Crippen molar-refractivity contribution in [3.05, 3.63) is 58.9 Å². The Bertz CT molecular complexity index is 609. The predicted octanol–water partition coefficient (Wildman–Crippen LogP) is 3.98. The fourth-order valence-electron chi connectivity index (χ4n) is 1.84. The van der Waals surface area contributed by atoms with Crippen LogP contribution in [-0.4, -0.2) is 0 Å². The Kier molecular flexibility index (Phi) is 2.93. The first-order valence-corrected chi connectivity index (χ1v) is 5.39. The first-order valence-electron chi connectivity index (χ1n) is 5.39. The summed E-state index contributed by atoms with van der Waals surface area (Å²) in [4.78, 5) is 0. The van der Waals surface area contributed by atoms with Crippen molar-refractivity contribution in [1.29, 1.82) is 5.26 Å². The molecule has 0 aliphatic rings. The van der Waals surface area contributed by atoms with Crippen LogP contribution in [0.1, 0.15) is 16.7 Å². The Hall–Kier alpha value is -2.14. The Morgan fingerprint density at radius 1 is 1.06 bits per heavy atom. The first kappa shape index (κ1) is 11.3. The fourth-order valence-corrected chi connectivity index (χ4v) is 1.84. The van der Waals surface area contributed by atoms with E-state index in [4.69, 9.17) is 5.26 Å². The van der Waals surface area contributed by atoms with Crippen molar-refractivity contribution in [2.45, 2.75) is 13.8 Å². The van der Waals surface area contributed by atoms with Gasteiger partial charge in [0, 0.05) is 5.56 Å². The molecule has 2 rings (SSSR count). The topological polar surface area (TPSA) is 23.8 Å². The van der Waals surface area contributed by atoms with Crippen LogP contribution in [0.4, 0.5) is 4.39 Å². The minimum atomic E-state index is -0.294. The van der Waals surface area contributed by atoms with Gasteiger partial charge < -0.3 is 0 Å². The van der Waals surface area contributed by atoms with Crippen molar-refractivity contribution < 1.29 is 4.39 Å². The van der Waals surface area contributed by atoms with E-state index in [9.17, 15) is 4.39 Å². The minimum absolute atomic E-state index is 0.294. The van der Waals surface area contributed by atoms with E-state index in [1.165, 1.54) is 12.1 Å². The molecule has 0 spiro atoms. The highest BCUT2D eigenvalue weighted by Gasteiger charge is 2.09. The lowest BCUT2D eigenvalue weighted by atomic mass is 9.96. The van der Waals surface area contributed by atoms with Gasteiger partial charge in [-0.2, -0.15) is 5.26 Å². The SMILES string of the molecule is Cc1cccc(-c2cc(C#N)ccc2F)c1C. The summed E-state index contributed by atoms with van der Waals surface area (Å²) in [7, 11) is 0. The normalized spacial score (nSPS) is 10.0. The minimum Gasteiger partial charge on any atom is -0.206 e. The maximum atomic E-state index is 13.8. The molecule has 2 aromatic carbocycles. The Balaban J connectivity index is 2.68. The number of benzene rings is 2. The van der Waals surface area contributed by atoms with Crippen LogP contribution in [0.2, 0.25) is 0 Å². The van der Waals surface area contributed by atoms with Gasteiger partial charge in [0.2, 0.25) is 0 Å². The lowest BCUT2D eigenvalue weighted by molar-refractivity contribution is 0.631. The summed E-state index contributed by atoms with van der Waals surface area (Å²) in [6, 6.07) is 12.2. The van der Waals surface area contributed by atoms with Gasteiger partial charge in [0.25, 0.3) is 0 Å². The highest BCUT2D eigenvalue weighted by Crippen LogP contribution is 2.28. The Labute approximate surface area is 100 Å². The first-order chi connectivity index (χ1) is 8.13. The lowest BCUT2D eigenvalue weighted by Crippen LogP contribution is -1.91. The third-order valence-corrected chi connectivity index (χ3v) is 2.99. The van der Waals surface area contributed by atoms with E-state index in [1.807, 2.05) is 38.1 Å². The largest absolute Gasteiger partial charge is 0.206 e. The summed E-state index contributed by atoms with van der Waals surface area (Å²) in [6.07, 6.45) is 0. The van der Waals surface area contributed by atoms with Crippen molar-refractivity contribution >= 4 is 0 Å². The number of hydrogen-bond acceptors (Lipinski definition) is 1. The van der Waals surface area contributed by atoms with Crippen molar-refractivity contribution in [3.63, 3.8) is 0 Å². The summed E-state index contributed by atoms with van der Waals surface area (Å²) in [5, 5.41) is 8.85. The molecule has 0 amide bonds. The molecule has 0 unspecified atom stereocenters. The molecule has 0 bridgehead atoms. The molecule has 0 heterocycles. The van der Waals surface area contributed by atoms with Gasteiger partial charge >= 0.3 is 0 Å². The van der Waals surface area contributed by atoms with Crippen molar-refractivity contribution in [2.24, 2.45) is 0 Å². The number of nitriles is 1. The molecule has 0 fully saturated rings. The average molecular weight is 225 g/mol. The van der Waals surface area contributed by atoms with E-state index in [0.29, 0.717) is 11.1 Å². The van der Waals surface area contributed by atoms with Crippen LogP contribution < -0.4 is 0 Å². The van der Waals surface area contributed by atoms with E-state index >= 15 is 0 Å². The highest BCUT2D eigenvalue weighted by molar-refractivity contribution is 5.70. The predicted molar refractivity (Wildman–Crippen MR) is 66.0 cm³/mol. The van der Waals surface area contributed by atoms with Crippen LogP contribution in [0.15, 0.2) is 36.4 Å². The second-order valence-electron chi connectivity index (χ2n) is 4.05. The Morgan fingerprint density at radius 2 is 1.82 bits per heavy atom. The molecule has 17 heavy (non-hydrogen) atoms. The quantitative estimate of drug-likeness (QED) is 0.720. The Morgan fingerprint density at radius 3 is 2.53 bits per heavy atom. The number of rotatable bonds is 1. The van der Waals surface area contributed by atoms with Crippen LogP contribution >= 0.6 is 0 Å². The molecule has 0 saturated heterocycles. The maximum absolute atomic E-state index is 13.8. The van der Waals surface area contributed by atoms with E-state index < -0.39 is 0 Å². The summed E-state index contributed by atoms with van der Waals surface area (Å²) in [5.41, 5.74) is 3.97. The third-order valence-electron chi connectivity index (χ3n) is 2.99. The molecule has 0 aliphatic heterocycles. The second kappa shape index (κ2) is 4.39. The number of nitrogens with zero attached hydrogens (tertiary/aromatic N) is 1. The van der Waals surface area contributed by atoms with E-state index in [1.54, 1.807) is 6.07 Å². The van der Waals surface area contributed by atoms with Crippen molar-refractivity contribution in [3.8, 4) is 17.2 Å². The molecular weight excluding hydrogens is 213 g/mol. The smallest absolute Gasteiger partial charge is 0.131 e. The van der Waals surface area contributed by atoms with Crippen molar-refractivity contribution in [2.75, 3.05) is 0 Å². The fraction of sp³-hybridized carbons (Fsp3) is 0.133. The number of halogens is 1. The molecule has 1 nitrogen and oxygen atoms in total. The van der Waals surface area contributed by atoms with Gasteiger partial charge in [-0.25, -0.2) is 4.39 Å². The van der Waals surface area contributed by atoms with Crippen LogP contribution in [0.5, 0.6) is 0 Å². The lowest BCUT2D eigenvalue weighted by Gasteiger charge is -2.09. The van der Waals surface area contributed by atoms with Gasteiger partial charge in [0.05, 0.1) is 11.6 Å². The standard InChI is InChI=1S/C15H12FN/c1-10-4-3-5-13(11(10)2)14-8-12(9-17)6-7-15(14)16/h3-8H,1-2H3. The van der Waals surface area contributed by atoms with Crippen molar-refractivity contribution in [1.82, 2.24) is 0 Å². The second-order valence-corrected chi connectivity index (χ2v) is 4.05. The molecule has 2 aromatic rings. The molecule has 0 atom stereocenters. The highest BCUT2D eigenvalue weighted by atomic mass is 19.1. The van der Waals surface area contributed by atoms with Gasteiger partial charge in [0.1, 0.15) is 5.82 Å². The van der Waals surface area contributed by atoms with E-state index in [0.717, 1.165) is 16.7 Å². The van der Waals surface area contributed by atoms with Gasteiger partial charge in [-0.05, 0) is 48.7 Å². The zero-order chi connectivity index (χ0) is 12.4. The molecule has 0 aliphatic carbocycles. The molecular formula is C15H12FN. The van der Waals surface area contributed by atoms with Crippen LogP contribution in [-0.2, 0) is 0 Å². The summed E-state index contributed by atoms with van der Waals surface area (Å²) in [5.74, 6) is -0.294. The van der Waals surface area contributed by atoms with Gasteiger partial charge in [-0.1, -0.05) is 18.2 Å². The molecule has 0 aromatic heterocycles. The van der Waals surface area contributed by atoms with E-state index in [-0.39, 0.29) is 5.82 Å². The molecule has 2 heteroatoms. The maximum Gasteiger partial charge on any atom is 0.131 e. The zero-order valence-corrected chi connectivity index (χ0v) is 9.79. The molecule has 0 saturated carbocycles. The van der Waals surface area contributed by atoms with Gasteiger partial charge in [-0.15, -0.1) is 0 Å². The van der Waals surface area contributed by atoms with E-state index in [2.05, 4.69) is 0 Å². The average Bonchev–Trinajstić information content (AvgIpc) is 2.34. The summed E-state index contributed by atoms with van der Waals surface area (Å²) < 4.78 is 13.8. The molecule has 0 N–H and O–H groups in total. The summed E-state index contributed by atoms with van der Waals surface area (Å²) in [6.45, 7) is 3.95. The number of aryl methyl sites for hydroxylation is 1. The van der Waals surface area contributed by atoms with Crippen LogP contribution in [0.25, 0.3) is 11.1 Å². The van der Waals surface area contributed by atoms with Crippen LogP contribution in [0, 0.1) is 31.0 Å². The molecule has 84 valence electrons. The molecule has 0 radical (unpaired) electrons. The third kappa shape index (κ3) is 2.05. The zero-order valence-electron chi connectivity index (χ0n) is 9.79.